The van der Waals surface area contributed by atoms with Gasteiger partial charge in [-0.1, -0.05) is 218 Å². The molecule has 0 amide bonds. The number of nitrogens with zero attached hydrogens (tertiary/aromatic N) is 4. The van der Waals surface area contributed by atoms with Crippen LogP contribution in [0.25, 0.3) is 139 Å². The third-order valence-electron chi connectivity index (χ3n) is 14.2. The fraction of sp³-hybridized carbons (Fsp3) is 0. The van der Waals surface area contributed by atoms with E-state index in [1.165, 1.54) is 0 Å². The van der Waals surface area contributed by atoms with Crippen molar-refractivity contribution in [3.63, 3.8) is 0 Å². The zero-order chi connectivity index (χ0) is 49.0. The molecule has 0 radical (unpaired) electrons. The Labute approximate surface area is 428 Å². The van der Waals surface area contributed by atoms with Crippen LogP contribution in [0.4, 0.5) is 0 Å². The predicted octanol–water partition coefficient (Wildman–Crippen LogP) is 18.2. The SMILES string of the molecule is c1ccc(-c2ccc(-c3nc(-c4cc(-c5ccccc5)cc(-c5ccccc5)c4)nc(-c4cc(-c5ccccc5)c(-n5c6ccccc6c6ccc7c8ccccc8oc7c65)c(-c5ccccc5)c4)n3)cc2)cc1. The number of benzene rings is 11. The van der Waals surface area contributed by atoms with Crippen LogP contribution in [0.3, 0.4) is 0 Å². The Bertz CT molecular complexity index is 4260. The van der Waals surface area contributed by atoms with E-state index in [1.807, 2.05) is 12.1 Å². The third kappa shape index (κ3) is 7.54. The molecule has 3 aromatic heterocycles. The topological polar surface area (TPSA) is 56.7 Å². The van der Waals surface area contributed by atoms with E-state index in [-0.39, 0.29) is 0 Å². The summed E-state index contributed by atoms with van der Waals surface area (Å²) in [6, 6.07) is 94.1. The third-order valence-corrected chi connectivity index (χ3v) is 14.2. The van der Waals surface area contributed by atoms with Crippen LogP contribution in [-0.2, 0) is 0 Å². The van der Waals surface area contributed by atoms with Crippen molar-refractivity contribution in [3.8, 4) is 95.5 Å². The number of para-hydroxylation sites is 2. The fourth-order valence-corrected chi connectivity index (χ4v) is 10.7. The molecule has 14 aromatic rings. The van der Waals surface area contributed by atoms with E-state index >= 15 is 0 Å². The number of rotatable bonds is 9. The molecule has 0 aliphatic heterocycles. The molecular formula is C69H44N4O. The molecule has 0 atom stereocenters. The fourth-order valence-electron chi connectivity index (χ4n) is 10.7. The van der Waals surface area contributed by atoms with E-state index in [0.29, 0.717) is 17.5 Å². The summed E-state index contributed by atoms with van der Waals surface area (Å²) in [5.74, 6) is 1.72. The lowest BCUT2D eigenvalue weighted by molar-refractivity contribution is 0.671. The minimum Gasteiger partial charge on any atom is -0.454 e. The number of aromatic nitrogens is 4. The van der Waals surface area contributed by atoms with E-state index in [0.717, 1.165) is 122 Å². The van der Waals surface area contributed by atoms with Crippen molar-refractivity contribution in [1.82, 2.24) is 19.5 Å². The van der Waals surface area contributed by atoms with Crippen LogP contribution in [0, 0.1) is 0 Å². The first-order valence-electron chi connectivity index (χ1n) is 25.0. The molecular weight excluding hydrogens is 901 g/mol. The Morgan fingerprint density at radius 2 is 0.662 bits per heavy atom. The van der Waals surface area contributed by atoms with Gasteiger partial charge in [-0.2, -0.15) is 0 Å². The number of fused-ring (bicyclic) bond motifs is 7. The minimum atomic E-state index is 0.561. The summed E-state index contributed by atoms with van der Waals surface area (Å²) in [5, 5.41) is 4.42. The Hall–Kier alpha value is -9.97. The van der Waals surface area contributed by atoms with Gasteiger partial charge in [-0.15, -0.1) is 0 Å². The van der Waals surface area contributed by atoms with Crippen LogP contribution in [0.5, 0.6) is 0 Å². The summed E-state index contributed by atoms with van der Waals surface area (Å²) in [6.45, 7) is 0. The van der Waals surface area contributed by atoms with Gasteiger partial charge in [0.15, 0.2) is 23.1 Å². The van der Waals surface area contributed by atoms with Gasteiger partial charge in [0, 0.05) is 49.4 Å². The van der Waals surface area contributed by atoms with Crippen LogP contribution in [0.2, 0.25) is 0 Å². The first-order chi connectivity index (χ1) is 36.7. The lowest BCUT2D eigenvalue weighted by atomic mass is 9.92. The highest BCUT2D eigenvalue weighted by Crippen LogP contribution is 2.46. The predicted molar refractivity (Wildman–Crippen MR) is 305 cm³/mol. The zero-order valence-electron chi connectivity index (χ0n) is 40.1. The van der Waals surface area contributed by atoms with Crippen molar-refractivity contribution in [3.05, 3.63) is 267 Å². The van der Waals surface area contributed by atoms with Crippen LogP contribution in [-0.4, -0.2) is 19.5 Å². The normalized spacial score (nSPS) is 11.5. The summed E-state index contributed by atoms with van der Waals surface area (Å²) < 4.78 is 9.34. The quantitative estimate of drug-likeness (QED) is 0.145. The second kappa shape index (κ2) is 18.0. The van der Waals surface area contributed by atoms with Gasteiger partial charge < -0.3 is 8.98 Å². The van der Waals surface area contributed by atoms with Gasteiger partial charge >= 0.3 is 0 Å². The molecule has 0 saturated heterocycles. The molecule has 0 aliphatic carbocycles. The smallest absolute Gasteiger partial charge is 0.164 e. The largest absolute Gasteiger partial charge is 0.454 e. The van der Waals surface area contributed by atoms with Crippen LogP contribution in [0.15, 0.2) is 271 Å². The van der Waals surface area contributed by atoms with Gasteiger partial charge in [-0.25, -0.2) is 15.0 Å². The Kier molecular flexibility index (Phi) is 10.4. The molecule has 5 heteroatoms. The van der Waals surface area contributed by atoms with E-state index in [9.17, 15) is 0 Å². The number of furan rings is 1. The molecule has 0 bridgehead atoms. The second-order valence-corrected chi connectivity index (χ2v) is 18.7. The Morgan fingerprint density at radius 3 is 1.22 bits per heavy atom. The van der Waals surface area contributed by atoms with E-state index in [2.05, 4.69) is 259 Å². The van der Waals surface area contributed by atoms with Crippen molar-refractivity contribution in [1.29, 1.82) is 0 Å². The van der Waals surface area contributed by atoms with Crippen molar-refractivity contribution < 1.29 is 4.42 Å². The Morgan fingerprint density at radius 1 is 0.270 bits per heavy atom. The molecule has 0 N–H and O–H groups in total. The minimum absolute atomic E-state index is 0.561. The van der Waals surface area contributed by atoms with Crippen molar-refractivity contribution in [2.45, 2.75) is 0 Å². The molecule has 0 fully saturated rings. The Balaban J connectivity index is 1.07. The molecule has 74 heavy (non-hydrogen) atoms. The highest BCUT2D eigenvalue weighted by molar-refractivity contribution is 6.22. The molecule has 11 aromatic carbocycles. The summed E-state index contributed by atoms with van der Waals surface area (Å²) in [5.41, 5.74) is 18.2. The molecule has 5 nitrogen and oxygen atoms in total. The first-order valence-corrected chi connectivity index (χ1v) is 25.0. The molecule has 346 valence electrons. The molecule has 0 aliphatic rings. The number of hydrogen-bond acceptors (Lipinski definition) is 4. The van der Waals surface area contributed by atoms with Gasteiger partial charge in [0.2, 0.25) is 0 Å². The van der Waals surface area contributed by atoms with Gasteiger partial charge in [0.05, 0.1) is 16.7 Å². The molecule has 14 rings (SSSR count). The van der Waals surface area contributed by atoms with Crippen LogP contribution >= 0.6 is 0 Å². The highest BCUT2D eigenvalue weighted by Gasteiger charge is 2.26. The van der Waals surface area contributed by atoms with Gasteiger partial charge in [-0.05, 0) is 93.0 Å². The van der Waals surface area contributed by atoms with Crippen LogP contribution in [0.1, 0.15) is 0 Å². The summed E-state index contributed by atoms with van der Waals surface area (Å²) in [7, 11) is 0. The van der Waals surface area contributed by atoms with Gasteiger partial charge in [-0.3, -0.25) is 0 Å². The summed E-state index contributed by atoms with van der Waals surface area (Å²) >= 11 is 0. The maximum Gasteiger partial charge on any atom is 0.164 e. The van der Waals surface area contributed by atoms with Crippen molar-refractivity contribution in [2.75, 3.05) is 0 Å². The molecule has 0 spiro atoms. The first kappa shape index (κ1) is 42.9. The van der Waals surface area contributed by atoms with Gasteiger partial charge in [0.25, 0.3) is 0 Å². The molecule has 0 unspecified atom stereocenters. The van der Waals surface area contributed by atoms with E-state index in [1.54, 1.807) is 0 Å². The highest BCUT2D eigenvalue weighted by atomic mass is 16.3. The molecule has 0 saturated carbocycles. The van der Waals surface area contributed by atoms with E-state index in [4.69, 9.17) is 19.4 Å². The van der Waals surface area contributed by atoms with Crippen molar-refractivity contribution in [2.24, 2.45) is 0 Å². The van der Waals surface area contributed by atoms with E-state index < -0.39 is 0 Å². The molecule has 3 heterocycles. The second-order valence-electron chi connectivity index (χ2n) is 18.7. The summed E-state index contributed by atoms with van der Waals surface area (Å²) in [4.78, 5) is 16.3. The maximum absolute atomic E-state index is 6.91. The average molecular weight is 945 g/mol. The van der Waals surface area contributed by atoms with Crippen molar-refractivity contribution >= 4 is 43.7 Å². The summed E-state index contributed by atoms with van der Waals surface area (Å²) in [6.07, 6.45) is 0. The maximum atomic E-state index is 6.91. The monoisotopic (exact) mass is 944 g/mol. The number of hydrogen-bond donors (Lipinski definition) is 0. The van der Waals surface area contributed by atoms with Gasteiger partial charge in [0.1, 0.15) is 5.58 Å². The zero-order valence-corrected chi connectivity index (χ0v) is 40.1. The standard InChI is InChI=1S/C69H44N4O/c1-6-20-45(21-7-1)48-34-36-51(37-35-48)67-70-68(54-41-52(46-22-8-2-9-23-46)40-53(42-54)47-24-10-3-11-25-47)72-69(71-67)55-43-60(49-26-12-4-13-27-49)64(61(44-55)50-28-14-5-15-29-50)73-62-32-18-16-30-56(62)58-38-39-59-57-31-17-19-33-63(57)74-66(59)65(58)73/h1-44H. The lowest BCUT2D eigenvalue weighted by Gasteiger charge is -2.21. The average Bonchev–Trinajstić information content (AvgIpc) is 4.04. The lowest BCUT2D eigenvalue weighted by Crippen LogP contribution is -2.04. The van der Waals surface area contributed by atoms with Crippen LogP contribution < -0.4 is 0 Å².